The van der Waals surface area contributed by atoms with Crippen LogP contribution in [-0.2, 0) is 4.79 Å². The van der Waals surface area contributed by atoms with Crippen molar-refractivity contribution in [3.05, 3.63) is 53.1 Å². The van der Waals surface area contributed by atoms with E-state index in [0.717, 1.165) is 30.1 Å². The molecule has 3 rings (SSSR count). The SMILES string of the molecule is Cc1cc(C)c(OCC(=O)Nc2ccc(N3CCCC3)cc2)cc1C. The summed E-state index contributed by atoms with van der Waals surface area (Å²) in [4.78, 5) is 14.5. The van der Waals surface area contributed by atoms with Crippen LogP contribution >= 0.6 is 0 Å². The quantitative estimate of drug-likeness (QED) is 0.887. The smallest absolute Gasteiger partial charge is 0.262 e. The van der Waals surface area contributed by atoms with Gasteiger partial charge in [-0.05, 0) is 80.6 Å². The van der Waals surface area contributed by atoms with Gasteiger partial charge in [-0.15, -0.1) is 0 Å². The molecule has 1 aliphatic rings. The van der Waals surface area contributed by atoms with E-state index in [-0.39, 0.29) is 12.5 Å². The molecule has 0 aliphatic carbocycles. The Hall–Kier alpha value is -2.49. The molecule has 132 valence electrons. The van der Waals surface area contributed by atoms with E-state index in [1.807, 2.05) is 32.0 Å². The number of hydrogen-bond acceptors (Lipinski definition) is 3. The number of aryl methyl sites for hydroxylation is 3. The Morgan fingerprint density at radius 1 is 1.00 bits per heavy atom. The number of anilines is 2. The predicted molar refractivity (Wildman–Crippen MR) is 103 cm³/mol. The van der Waals surface area contributed by atoms with Crippen molar-refractivity contribution in [1.29, 1.82) is 0 Å². The van der Waals surface area contributed by atoms with Crippen LogP contribution < -0.4 is 15.0 Å². The van der Waals surface area contributed by atoms with E-state index in [1.54, 1.807) is 0 Å². The lowest BCUT2D eigenvalue weighted by Crippen LogP contribution is -2.21. The third-order valence-corrected chi connectivity index (χ3v) is 4.77. The van der Waals surface area contributed by atoms with Gasteiger partial charge in [-0.25, -0.2) is 0 Å². The van der Waals surface area contributed by atoms with Crippen LogP contribution in [0.25, 0.3) is 0 Å². The van der Waals surface area contributed by atoms with Crippen LogP contribution in [0.5, 0.6) is 5.75 Å². The van der Waals surface area contributed by atoms with Gasteiger partial charge in [0.2, 0.25) is 0 Å². The molecule has 4 nitrogen and oxygen atoms in total. The maximum Gasteiger partial charge on any atom is 0.262 e. The van der Waals surface area contributed by atoms with E-state index < -0.39 is 0 Å². The van der Waals surface area contributed by atoms with E-state index in [4.69, 9.17) is 4.74 Å². The average Bonchev–Trinajstić information content (AvgIpc) is 3.12. The lowest BCUT2D eigenvalue weighted by Gasteiger charge is -2.18. The normalized spacial score (nSPS) is 13.8. The summed E-state index contributed by atoms with van der Waals surface area (Å²) < 4.78 is 5.69. The first-order chi connectivity index (χ1) is 12.0. The summed E-state index contributed by atoms with van der Waals surface area (Å²) in [5.74, 6) is 0.620. The highest BCUT2D eigenvalue weighted by atomic mass is 16.5. The zero-order valence-electron chi connectivity index (χ0n) is 15.3. The van der Waals surface area contributed by atoms with Gasteiger partial charge in [0, 0.05) is 24.5 Å². The van der Waals surface area contributed by atoms with Gasteiger partial charge in [0.15, 0.2) is 6.61 Å². The third-order valence-electron chi connectivity index (χ3n) is 4.77. The van der Waals surface area contributed by atoms with Gasteiger partial charge in [-0.2, -0.15) is 0 Å². The highest BCUT2D eigenvalue weighted by molar-refractivity contribution is 5.92. The summed E-state index contributed by atoms with van der Waals surface area (Å²) in [6, 6.07) is 12.1. The van der Waals surface area contributed by atoms with Crippen LogP contribution in [0.15, 0.2) is 36.4 Å². The second-order valence-corrected chi connectivity index (χ2v) is 6.78. The molecule has 2 aromatic carbocycles. The molecule has 0 atom stereocenters. The number of amides is 1. The Labute approximate surface area is 149 Å². The minimum atomic E-state index is -0.147. The standard InChI is InChI=1S/C21H26N2O2/c1-15-12-17(3)20(13-16(15)2)25-14-21(24)22-18-6-8-19(9-7-18)23-10-4-5-11-23/h6-9,12-13H,4-5,10-11,14H2,1-3H3,(H,22,24). The maximum atomic E-state index is 12.1. The largest absolute Gasteiger partial charge is 0.483 e. The molecular weight excluding hydrogens is 312 g/mol. The molecule has 0 saturated carbocycles. The Morgan fingerprint density at radius 3 is 2.32 bits per heavy atom. The fraction of sp³-hybridized carbons (Fsp3) is 0.381. The molecule has 2 aromatic rings. The fourth-order valence-corrected chi connectivity index (χ4v) is 3.16. The number of carbonyl (C=O) groups is 1. The molecule has 25 heavy (non-hydrogen) atoms. The van der Waals surface area contributed by atoms with Crippen LogP contribution in [0, 0.1) is 20.8 Å². The molecular formula is C21H26N2O2. The summed E-state index contributed by atoms with van der Waals surface area (Å²) in [6.45, 7) is 8.37. The first-order valence-corrected chi connectivity index (χ1v) is 8.88. The van der Waals surface area contributed by atoms with Gasteiger partial charge in [-0.3, -0.25) is 4.79 Å². The van der Waals surface area contributed by atoms with Gasteiger partial charge in [0.25, 0.3) is 5.91 Å². The van der Waals surface area contributed by atoms with Gasteiger partial charge in [-0.1, -0.05) is 6.07 Å². The second kappa shape index (κ2) is 7.60. The van der Waals surface area contributed by atoms with Crippen LogP contribution in [0.1, 0.15) is 29.5 Å². The molecule has 1 amide bonds. The summed E-state index contributed by atoms with van der Waals surface area (Å²) in [7, 11) is 0. The van der Waals surface area contributed by atoms with Crippen molar-refractivity contribution >= 4 is 17.3 Å². The average molecular weight is 338 g/mol. The Kier molecular flexibility index (Phi) is 5.27. The van der Waals surface area contributed by atoms with Gasteiger partial charge < -0.3 is 15.0 Å². The number of ether oxygens (including phenoxy) is 1. The molecule has 1 saturated heterocycles. The van der Waals surface area contributed by atoms with Crippen LogP contribution in [0.4, 0.5) is 11.4 Å². The van der Waals surface area contributed by atoms with Crippen molar-refractivity contribution in [2.45, 2.75) is 33.6 Å². The Balaban J connectivity index is 1.55. The van der Waals surface area contributed by atoms with Crippen molar-refractivity contribution in [3.63, 3.8) is 0 Å². The van der Waals surface area contributed by atoms with Crippen LogP contribution in [0.3, 0.4) is 0 Å². The monoisotopic (exact) mass is 338 g/mol. The van der Waals surface area contributed by atoms with E-state index in [1.165, 1.54) is 29.7 Å². The van der Waals surface area contributed by atoms with Gasteiger partial charge in [0.1, 0.15) is 5.75 Å². The number of benzene rings is 2. The number of rotatable bonds is 5. The summed E-state index contributed by atoms with van der Waals surface area (Å²) >= 11 is 0. The molecule has 1 N–H and O–H groups in total. The van der Waals surface area contributed by atoms with Crippen molar-refractivity contribution < 1.29 is 9.53 Å². The molecule has 1 fully saturated rings. The van der Waals surface area contributed by atoms with Crippen molar-refractivity contribution in [1.82, 2.24) is 0 Å². The fourth-order valence-electron chi connectivity index (χ4n) is 3.16. The third kappa shape index (κ3) is 4.32. The van der Waals surface area contributed by atoms with Gasteiger partial charge >= 0.3 is 0 Å². The summed E-state index contributed by atoms with van der Waals surface area (Å²) in [5, 5.41) is 2.89. The second-order valence-electron chi connectivity index (χ2n) is 6.78. The lowest BCUT2D eigenvalue weighted by atomic mass is 10.1. The summed E-state index contributed by atoms with van der Waals surface area (Å²) in [6.07, 6.45) is 2.52. The van der Waals surface area contributed by atoms with E-state index in [2.05, 4.69) is 35.3 Å². The molecule has 0 radical (unpaired) electrons. The van der Waals surface area contributed by atoms with E-state index in [0.29, 0.717) is 0 Å². The minimum Gasteiger partial charge on any atom is -0.483 e. The van der Waals surface area contributed by atoms with Crippen molar-refractivity contribution in [2.24, 2.45) is 0 Å². The topological polar surface area (TPSA) is 41.6 Å². The maximum absolute atomic E-state index is 12.1. The molecule has 1 aliphatic heterocycles. The van der Waals surface area contributed by atoms with Crippen molar-refractivity contribution in [3.8, 4) is 5.75 Å². The highest BCUT2D eigenvalue weighted by Gasteiger charge is 2.12. The van der Waals surface area contributed by atoms with Crippen LogP contribution in [0.2, 0.25) is 0 Å². The Bertz CT molecular complexity index is 747. The summed E-state index contributed by atoms with van der Waals surface area (Å²) in [5.41, 5.74) is 5.46. The van der Waals surface area contributed by atoms with Crippen molar-refractivity contribution in [2.75, 3.05) is 29.9 Å². The molecule has 0 bridgehead atoms. The lowest BCUT2D eigenvalue weighted by molar-refractivity contribution is -0.118. The zero-order chi connectivity index (χ0) is 17.8. The molecule has 0 aromatic heterocycles. The first-order valence-electron chi connectivity index (χ1n) is 8.88. The molecule has 0 spiro atoms. The highest BCUT2D eigenvalue weighted by Crippen LogP contribution is 2.23. The number of nitrogens with zero attached hydrogens (tertiary/aromatic N) is 1. The number of hydrogen-bond donors (Lipinski definition) is 1. The molecule has 0 unspecified atom stereocenters. The Morgan fingerprint density at radius 2 is 1.64 bits per heavy atom. The molecule has 1 heterocycles. The first kappa shape index (κ1) is 17.3. The number of nitrogens with one attached hydrogen (secondary N) is 1. The minimum absolute atomic E-state index is 0.0111. The molecule has 4 heteroatoms. The predicted octanol–water partition coefficient (Wildman–Crippen LogP) is 4.23. The zero-order valence-corrected chi connectivity index (χ0v) is 15.3. The van der Waals surface area contributed by atoms with E-state index in [9.17, 15) is 4.79 Å². The van der Waals surface area contributed by atoms with E-state index >= 15 is 0 Å². The van der Waals surface area contributed by atoms with Crippen LogP contribution in [-0.4, -0.2) is 25.6 Å². The van der Waals surface area contributed by atoms with Gasteiger partial charge in [0.05, 0.1) is 0 Å². The number of carbonyl (C=O) groups excluding carboxylic acids is 1.